The van der Waals surface area contributed by atoms with Crippen LogP contribution < -0.4 is 5.32 Å². The first-order valence-corrected chi connectivity index (χ1v) is 6.00. The molecular weight excluding hydrogens is 196 g/mol. The van der Waals surface area contributed by atoms with E-state index >= 15 is 0 Å². The lowest BCUT2D eigenvalue weighted by atomic mass is 10.1. The fourth-order valence-electron chi connectivity index (χ4n) is 2.35. The van der Waals surface area contributed by atoms with Gasteiger partial charge in [0.2, 0.25) is 0 Å². The minimum atomic E-state index is 0.686. The van der Waals surface area contributed by atoms with E-state index in [0.717, 1.165) is 18.0 Å². The molecule has 16 heavy (non-hydrogen) atoms. The summed E-state index contributed by atoms with van der Waals surface area (Å²) in [5.74, 6) is 0.874. The van der Waals surface area contributed by atoms with Crippen LogP contribution in [0.25, 0.3) is 0 Å². The van der Waals surface area contributed by atoms with E-state index in [9.17, 15) is 0 Å². The fraction of sp³-hybridized carbons (Fsp3) is 0.500. The zero-order chi connectivity index (χ0) is 11.4. The van der Waals surface area contributed by atoms with Crippen molar-refractivity contribution in [3.05, 3.63) is 35.4 Å². The Labute approximate surface area is 97.3 Å². The van der Waals surface area contributed by atoms with Gasteiger partial charge in [-0.15, -0.1) is 0 Å². The Morgan fingerprint density at radius 2 is 2.06 bits per heavy atom. The molecule has 1 aromatic carbocycles. The summed E-state index contributed by atoms with van der Waals surface area (Å²) < 4.78 is 0. The van der Waals surface area contributed by atoms with E-state index in [2.05, 4.69) is 18.3 Å². The van der Waals surface area contributed by atoms with E-state index in [1.54, 1.807) is 0 Å². The van der Waals surface area contributed by atoms with Crippen LogP contribution in [0.2, 0.25) is 0 Å². The van der Waals surface area contributed by atoms with Crippen LogP contribution in [-0.2, 0) is 6.54 Å². The molecule has 1 saturated carbocycles. The number of nitriles is 1. The third-order valence-electron chi connectivity index (χ3n) is 3.37. The van der Waals surface area contributed by atoms with Gasteiger partial charge in [0.25, 0.3) is 0 Å². The van der Waals surface area contributed by atoms with Crippen LogP contribution in [0.3, 0.4) is 0 Å². The van der Waals surface area contributed by atoms with Crippen molar-refractivity contribution >= 4 is 0 Å². The molecule has 0 aromatic heterocycles. The average Bonchev–Trinajstić information content (AvgIpc) is 2.73. The Kier molecular flexibility index (Phi) is 3.58. The van der Waals surface area contributed by atoms with Crippen molar-refractivity contribution in [3.63, 3.8) is 0 Å². The predicted octanol–water partition coefficient (Wildman–Crippen LogP) is 2.84. The van der Waals surface area contributed by atoms with Crippen molar-refractivity contribution in [1.29, 1.82) is 5.26 Å². The topological polar surface area (TPSA) is 35.8 Å². The second-order valence-electron chi connectivity index (χ2n) is 4.80. The highest BCUT2D eigenvalue weighted by atomic mass is 14.9. The third kappa shape index (κ3) is 2.84. The summed E-state index contributed by atoms with van der Waals surface area (Å²) in [6.07, 6.45) is 3.96. The van der Waals surface area contributed by atoms with Gasteiger partial charge < -0.3 is 5.32 Å². The minimum Gasteiger partial charge on any atom is -0.310 e. The van der Waals surface area contributed by atoms with E-state index < -0.39 is 0 Å². The fourth-order valence-corrected chi connectivity index (χ4v) is 2.35. The summed E-state index contributed by atoms with van der Waals surface area (Å²) in [7, 11) is 0. The van der Waals surface area contributed by atoms with Crippen molar-refractivity contribution in [3.8, 4) is 6.07 Å². The maximum atomic E-state index is 8.69. The van der Waals surface area contributed by atoms with Gasteiger partial charge in [-0.3, -0.25) is 0 Å². The zero-order valence-corrected chi connectivity index (χ0v) is 9.74. The van der Waals surface area contributed by atoms with Crippen LogP contribution >= 0.6 is 0 Å². The highest BCUT2D eigenvalue weighted by molar-refractivity contribution is 5.31. The second kappa shape index (κ2) is 5.14. The molecule has 1 aliphatic rings. The summed E-state index contributed by atoms with van der Waals surface area (Å²) in [5, 5.41) is 12.3. The van der Waals surface area contributed by atoms with Crippen molar-refractivity contribution < 1.29 is 0 Å². The third-order valence-corrected chi connectivity index (χ3v) is 3.37. The SMILES string of the molecule is CC1CCC(NCc2ccc(C#N)cc2)C1. The highest BCUT2D eigenvalue weighted by Gasteiger charge is 2.20. The smallest absolute Gasteiger partial charge is 0.0991 e. The van der Waals surface area contributed by atoms with E-state index in [1.165, 1.54) is 24.8 Å². The van der Waals surface area contributed by atoms with Crippen molar-refractivity contribution in [2.75, 3.05) is 0 Å². The summed E-state index contributed by atoms with van der Waals surface area (Å²) in [6, 6.07) is 10.7. The summed E-state index contributed by atoms with van der Waals surface area (Å²) in [4.78, 5) is 0. The quantitative estimate of drug-likeness (QED) is 0.839. The van der Waals surface area contributed by atoms with Crippen molar-refractivity contribution in [1.82, 2.24) is 5.32 Å². The highest BCUT2D eigenvalue weighted by Crippen LogP contribution is 2.24. The normalized spacial score (nSPS) is 24.2. The molecule has 0 heterocycles. The standard InChI is InChI=1S/C14H18N2/c1-11-2-7-14(8-11)16-10-13-5-3-12(9-15)4-6-13/h3-6,11,14,16H,2,7-8,10H2,1H3. The van der Waals surface area contributed by atoms with Gasteiger partial charge in [0.1, 0.15) is 0 Å². The maximum absolute atomic E-state index is 8.69. The predicted molar refractivity (Wildman–Crippen MR) is 64.8 cm³/mol. The molecule has 2 nitrogen and oxygen atoms in total. The zero-order valence-electron chi connectivity index (χ0n) is 9.74. The van der Waals surface area contributed by atoms with E-state index in [1.807, 2.05) is 24.3 Å². The first kappa shape index (κ1) is 11.2. The minimum absolute atomic E-state index is 0.686. The van der Waals surface area contributed by atoms with E-state index in [0.29, 0.717) is 6.04 Å². The molecule has 0 amide bonds. The summed E-state index contributed by atoms with van der Waals surface area (Å²) >= 11 is 0. The van der Waals surface area contributed by atoms with Crippen LogP contribution in [0, 0.1) is 17.2 Å². The molecule has 2 unspecified atom stereocenters. The van der Waals surface area contributed by atoms with Crippen LogP contribution in [0.5, 0.6) is 0 Å². The van der Waals surface area contributed by atoms with Crippen LogP contribution in [0.15, 0.2) is 24.3 Å². The molecule has 1 aliphatic carbocycles. The lowest BCUT2D eigenvalue weighted by Crippen LogP contribution is -2.25. The molecular formula is C14H18N2. The number of benzene rings is 1. The maximum Gasteiger partial charge on any atom is 0.0991 e. The Morgan fingerprint density at radius 1 is 1.31 bits per heavy atom. The molecule has 84 valence electrons. The first-order valence-electron chi connectivity index (χ1n) is 6.00. The van der Waals surface area contributed by atoms with Gasteiger partial charge in [0.05, 0.1) is 11.6 Å². The number of rotatable bonds is 3. The van der Waals surface area contributed by atoms with Gasteiger partial charge in [-0.25, -0.2) is 0 Å². The molecule has 0 spiro atoms. The van der Waals surface area contributed by atoms with Crippen molar-refractivity contribution in [2.45, 2.75) is 38.8 Å². The molecule has 2 atom stereocenters. The Hall–Kier alpha value is -1.33. The Morgan fingerprint density at radius 3 is 2.62 bits per heavy atom. The number of hydrogen-bond acceptors (Lipinski definition) is 2. The molecule has 2 rings (SSSR count). The Balaban J connectivity index is 1.83. The van der Waals surface area contributed by atoms with Crippen LogP contribution in [0.4, 0.5) is 0 Å². The summed E-state index contributed by atoms with van der Waals surface area (Å²) in [5.41, 5.74) is 2.00. The van der Waals surface area contributed by atoms with Gasteiger partial charge in [0.15, 0.2) is 0 Å². The van der Waals surface area contributed by atoms with Gasteiger partial charge in [-0.1, -0.05) is 19.1 Å². The van der Waals surface area contributed by atoms with Gasteiger partial charge in [-0.05, 0) is 42.9 Å². The van der Waals surface area contributed by atoms with Gasteiger partial charge >= 0.3 is 0 Å². The lowest BCUT2D eigenvalue weighted by Gasteiger charge is -2.12. The number of nitrogens with zero attached hydrogens (tertiary/aromatic N) is 1. The number of hydrogen-bond donors (Lipinski definition) is 1. The first-order chi connectivity index (χ1) is 7.78. The van der Waals surface area contributed by atoms with E-state index in [-0.39, 0.29) is 0 Å². The molecule has 1 N–H and O–H groups in total. The monoisotopic (exact) mass is 214 g/mol. The summed E-state index contributed by atoms with van der Waals surface area (Å²) in [6.45, 7) is 3.24. The average molecular weight is 214 g/mol. The number of nitrogens with one attached hydrogen (secondary N) is 1. The van der Waals surface area contributed by atoms with Crippen LogP contribution in [-0.4, -0.2) is 6.04 Å². The molecule has 2 heteroatoms. The molecule has 0 bridgehead atoms. The largest absolute Gasteiger partial charge is 0.310 e. The Bertz CT molecular complexity index is 375. The lowest BCUT2D eigenvalue weighted by molar-refractivity contribution is 0.502. The molecule has 1 fully saturated rings. The van der Waals surface area contributed by atoms with Crippen molar-refractivity contribution in [2.24, 2.45) is 5.92 Å². The van der Waals surface area contributed by atoms with Gasteiger partial charge in [-0.2, -0.15) is 5.26 Å². The second-order valence-corrected chi connectivity index (χ2v) is 4.80. The van der Waals surface area contributed by atoms with Gasteiger partial charge in [0, 0.05) is 12.6 Å². The molecule has 0 saturated heterocycles. The molecule has 0 aliphatic heterocycles. The van der Waals surface area contributed by atoms with Crippen LogP contribution in [0.1, 0.15) is 37.3 Å². The molecule has 0 radical (unpaired) electrons. The molecule has 1 aromatic rings. The van der Waals surface area contributed by atoms with E-state index in [4.69, 9.17) is 5.26 Å².